The van der Waals surface area contributed by atoms with Crippen molar-refractivity contribution in [2.24, 2.45) is 0 Å². The number of urea groups is 1. The first kappa shape index (κ1) is 20.9. The summed E-state index contributed by atoms with van der Waals surface area (Å²) >= 11 is 0. The quantitative estimate of drug-likeness (QED) is 0.707. The molecule has 0 spiro atoms. The summed E-state index contributed by atoms with van der Waals surface area (Å²) in [6.45, 7) is 6.35. The van der Waals surface area contributed by atoms with E-state index in [9.17, 15) is 4.79 Å². The van der Waals surface area contributed by atoms with Crippen LogP contribution in [0.4, 0.5) is 10.5 Å². The van der Waals surface area contributed by atoms with Crippen molar-refractivity contribution in [3.8, 4) is 11.6 Å². The Morgan fingerprint density at radius 2 is 1.93 bits per heavy atom. The van der Waals surface area contributed by atoms with Crippen LogP contribution in [0, 0.1) is 0 Å². The Balaban J connectivity index is 1.69. The zero-order chi connectivity index (χ0) is 20.6. The highest BCUT2D eigenvalue weighted by Crippen LogP contribution is 2.31. The van der Waals surface area contributed by atoms with Crippen LogP contribution >= 0.6 is 0 Å². The Bertz CT molecular complexity index is 806. The summed E-state index contributed by atoms with van der Waals surface area (Å²) in [5.74, 6) is 1.25. The third-order valence-electron chi connectivity index (χ3n) is 4.90. The van der Waals surface area contributed by atoms with E-state index in [2.05, 4.69) is 26.6 Å². The maximum atomic E-state index is 12.6. The Morgan fingerprint density at radius 3 is 2.66 bits per heavy atom. The number of aromatic nitrogens is 1. The summed E-state index contributed by atoms with van der Waals surface area (Å²) in [5.41, 5.74) is 1.64. The van der Waals surface area contributed by atoms with Gasteiger partial charge in [0.15, 0.2) is 0 Å². The maximum absolute atomic E-state index is 12.6. The summed E-state index contributed by atoms with van der Waals surface area (Å²) in [6, 6.07) is 11.3. The molecule has 1 aliphatic rings. The van der Waals surface area contributed by atoms with Crippen molar-refractivity contribution in [3.05, 3.63) is 48.2 Å². The van der Waals surface area contributed by atoms with Crippen molar-refractivity contribution in [1.29, 1.82) is 0 Å². The van der Waals surface area contributed by atoms with Gasteiger partial charge in [0, 0.05) is 18.3 Å². The van der Waals surface area contributed by atoms with E-state index in [0.717, 1.165) is 24.4 Å². The molecule has 0 bridgehead atoms. The average Bonchev–Trinajstić information content (AvgIpc) is 3.24. The number of methoxy groups -OCH3 is 1. The van der Waals surface area contributed by atoms with Gasteiger partial charge in [0.2, 0.25) is 5.88 Å². The molecule has 1 saturated heterocycles. The fourth-order valence-electron chi connectivity index (χ4n) is 3.59. The smallest absolute Gasteiger partial charge is 0.319 e. The number of benzene rings is 1. The number of anilines is 1. The number of para-hydroxylation sites is 1. The minimum Gasteiger partial charge on any atom is -0.496 e. The van der Waals surface area contributed by atoms with Crippen molar-refractivity contribution < 1.29 is 14.3 Å². The van der Waals surface area contributed by atoms with E-state index >= 15 is 0 Å². The predicted molar refractivity (Wildman–Crippen MR) is 114 cm³/mol. The molecular formula is C22H30N4O3. The summed E-state index contributed by atoms with van der Waals surface area (Å²) in [4.78, 5) is 19.2. The topological polar surface area (TPSA) is 75.7 Å². The number of carbonyl (C=O) groups excluding carboxylic acids is 1. The first-order valence-corrected chi connectivity index (χ1v) is 10.1. The zero-order valence-corrected chi connectivity index (χ0v) is 17.4. The molecular weight excluding hydrogens is 368 g/mol. The Morgan fingerprint density at radius 1 is 1.17 bits per heavy atom. The van der Waals surface area contributed by atoms with Gasteiger partial charge in [-0.25, -0.2) is 9.78 Å². The molecule has 3 rings (SSSR count). The second kappa shape index (κ2) is 10.1. The van der Waals surface area contributed by atoms with Gasteiger partial charge < -0.3 is 20.1 Å². The first-order valence-electron chi connectivity index (χ1n) is 10.1. The average molecular weight is 399 g/mol. The number of hydrogen-bond donors (Lipinski definition) is 2. The van der Waals surface area contributed by atoms with Gasteiger partial charge in [0.05, 0.1) is 19.3 Å². The highest BCUT2D eigenvalue weighted by Gasteiger charge is 2.26. The van der Waals surface area contributed by atoms with E-state index in [4.69, 9.17) is 9.47 Å². The molecule has 0 radical (unpaired) electrons. The molecule has 156 valence electrons. The highest BCUT2D eigenvalue weighted by molar-refractivity contribution is 5.90. The number of nitrogens with one attached hydrogen (secondary N) is 2. The van der Waals surface area contributed by atoms with Crippen molar-refractivity contribution in [2.75, 3.05) is 32.1 Å². The first-order chi connectivity index (χ1) is 14.1. The molecule has 7 nitrogen and oxygen atoms in total. The number of carbonyl (C=O) groups is 1. The van der Waals surface area contributed by atoms with Crippen LogP contribution in [0.25, 0.3) is 0 Å². The number of nitrogens with zero attached hydrogens (tertiary/aromatic N) is 2. The van der Waals surface area contributed by atoms with Gasteiger partial charge in [-0.1, -0.05) is 18.2 Å². The SMILES string of the molecule is COc1ccccc1C(CNC(=O)Nc1cccnc1OC(C)C)N1CCCC1. The number of pyridine rings is 1. The standard InChI is InChI=1S/C22H30N4O3/c1-16(2)29-21-18(10-8-12-23-21)25-22(27)24-15-19(26-13-6-7-14-26)17-9-4-5-11-20(17)28-3/h4-5,8-12,16,19H,6-7,13-15H2,1-3H3,(H2,24,25,27). The van der Waals surface area contributed by atoms with E-state index in [-0.39, 0.29) is 18.2 Å². The summed E-state index contributed by atoms with van der Waals surface area (Å²) in [6.07, 6.45) is 3.96. The highest BCUT2D eigenvalue weighted by atomic mass is 16.5. The molecule has 2 N–H and O–H groups in total. The molecule has 1 aromatic carbocycles. The molecule has 1 unspecified atom stereocenters. The van der Waals surface area contributed by atoms with E-state index in [1.165, 1.54) is 12.8 Å². The van der Waals surface area contributed by atoms with Crippen molar-refractivity contribution in [1.82, 2.24) is 15.2 Å². The van der Waals surface area contributed by atoms with Crippen molar-refractivity contribution in [2.45, 2.75) is 38.8 Å². The fraction of sp³-hybridized carbons (Fsp3) is 0.455. The van der Waals surface area contributed by atoms with Gasteiger partial charge in [-0.15, -0.1) is 0 Å². The molecule has 29 heavy (non-hydrogen) atoms. The van der Waals surface area contributed by atoms with Gasteiger partial charge in [0.25, 0.3) is 0 Å². The molecule has 1 aromatic heterocycles. The number of rotatable bonds is 8. The normalized spacial score (nSPS) is 15.2. The molecule has 2 aromatic rings. The van der Waals surface area contributed by atoms with Gasteiger partial charge >= 0.3 is 6.03 Å². The number of amides is 2. The molecule has 1 atom stereocenters. The van der Waals surface area contributed by atoms with E-state index in [1.807, 2.05) is 32.0 Å². The number of hydrogen-bond acceptors (Lipinski definition) is 5. The molecule has 0 aliphatic carbocycles. The fourth-order valence-corrected chi connectivity index (χ4v) is 3.59. The summed E-state index contributed by atoms with van der Waals surface area (Å²) in [7, 11) is 1.68. The number of ether oxygens (including phenoxy) is 2. The Kier molecular flexibility index (Phi) is 7.30. The van der Waals surface area contributed by atoms with Crippen molar-refractivity contribution in [3.63, 3.8) is 0 Å². The Labute approximate surface area is 172 Å². The van der Waals surface area contributed by atoms with Crippen LogP contribution in [-0.4, -0.2) is 48.8 Å². The molecule has 2 amide bonds. The molecule has 0 saturated carbocycles. The van der Waals surface area contributed by atoms with Crippen LogP contribution in [-0.2, 0) is 0 Å². The minimum absolute atomic E-state index is 0.0291. The second-order valence-corrected chi connectivity index (χ2v) is 7.36. The van der Waals surface area contributed by atoms with Crippen LogP contribution < -0.4 is 20.1 Å². The van der Waals surface area contributed by atoms with E-state index in [0.29, 0.717) is 18.1 Å². The summed E-state index contributed by atoms with van der Waals surface area (Å²) in [5, 5.41) is 5.86. The molecule has 1 fully saturated rings. The lowest BCUT2D eigenvalue weighted by atomic mass is 10.0. The maximum Gasteiger partial charge on any atom is 0.319 e. The van der Waals surface area contributed by atoms with Crippen LogP contribution in [0.15, 0.2) is 42.6 Å². The largest absolute Gasteiger partial charge is 0.496 e. The van der Waals surface area contributed by atoms with Gasteiger partial charge in [-0.3, -0.25) is 4.90 Å². The Hall–Kier alpha value is -2.80. The lowest BCUT2D eigenvalue weighted by Gasteiger charge is -2.29. The molecule has 7 heteroatoms. The molecule has 1 aliphatic heterocycles. The van der Waals surface area contributed by atoms with Crippen molar-refractivity contribution >= 4 is 11.7 Å². The predicted octanol–water partition coefficient (Wildman–Crippen LogP) is 3.84. The van der Waals surface area contributed by atoms with E-state index in [1.54, 1.807) is 25.4 Å². The van der Waals surface area contributed by atoms with Crippen LogP contribution in [0.2, 0.25) is 0 Å². The van der Waals surface area contributed by atoms with Crippen LogP contribution in [0.3, 0.4) is 0 Å². The number of likely N-dealkylation sites (tertiary alicyclic amines) is 1. The minimum atomic E-state index is -0.286. The third kappa shape index (κ3) is 5.60. The third-order valence-corrected chi connectivity index (χ3v) is 4.90. The van der Waals surface area contributed by atoms with Gasteiger partial charge in [-0.05, 0) is 58.0 Å². The van der Waals surface area contributed by atoms with Gasteiger partial charge in [-0.2, -0.15) is 0 Å². The van der Waals surface area contributed by atoms with E-state index < -0.39 is 0 Å². The van der Waals surface area contributed by atoms with Gasteiger partial charge in [0.1, 0.15) is 11.4 Å². The summed E-state index contributed by atoms with van der Waals surface area (Å²) < 4.78 is 11.2. The molecule has 2 heterocycles. The second-order valence-electron chi connectivity index (χ2n) is 7.36. The monoisotopic (exact) mass is 398 g/mol. The lowest BCUT2D eigenvalue weighted by molar-refractivity contribution is 0.223. The van der Waals surface area contributed by atoms with Crippen LogP contribution in [0.5, 0.6) is 11.6 Å². The van der Waals surface area contributed by atoms with Crippen LogP contribution in [0.1, 0.15) is 38.3 Å². The lowest BCUT2D eigenvalue weighted by Crippen LogP contribution is -2.38. The zero-order valence-electron chi connectivity index (χ0n) is 17.4.